The van der Waals surface area contributed by atoms with Crippen molar-refractivity contribution < 1.29 is 17.9 Å². The number of primary sulfonamides is 1. The average Bonchev–Trinajstić information content (AvgIpc) is 1.82. The summed E-state index contributed by atoms with van der Waals surface area (Å²) in [6.07, 6.45) is 0.0763. The van der Waals surface area contributed by atoms with Crippen molar-refractivity contribution in [2.24, 2.45) is 11.1 Å². The molecule has 0 amide bonds. The van der Waals surface area contributed by atoms with Gasteiger partial charge in [-0.05, 0) is 5.92 Å². The molecule has 0 radical (unpaired) electrons. The summed E-state index contributed by atoms with van der Waals surface area (Å²) in [5, 5.41) is 4.77. The lowest BCUT2D eigenvalue weighted by atomic mass is 10.1. The van der Waals surface area contributed by atoms with E-state index in [9.17, 15) is 13.2 Å². The molecule has 0 heterocycles. The van der Waals surface area contributed by atoms with Crippen LogP contribution in [0, 0.1) is 5.92 Å². The van der Waals surface area contributed by atoms with Crippen LogP contribution in [0.2, 0.25) is 0 Å². The number of nitrogens with two attached hydrogens (primary N) is 1. The first-order valence-electron chi connectivity index (χ1n) is 3.42. The third kappa shape index (κ3) is 6.11. The number of carbonyl (C=O) groups is 1. The summed E-state index contributed by atoms with van der Waals surface area (Å²) >= 11 is 0. The zero-order valence-electron chi connectivity index (χ0n) is 7.11. The highest BCUT2D eigenvalue weighted by atomic mass is 32.2. The van der Waals surface area contributed by atoms with Crippen LogP contribution >= 0.6 is 0 Å². The lowest BCUT2D eigenvalue weighted by Gasteiger charge is -2.06. The Balaban J connectivity index is 3.91. The fourth-order valence-electron chi connectivity index (χ4n) is 0.823. The van der Waals surface area contributed by atoms with E-state index in [0.29, 0.717) is 0 Å². The van der Waals surface area contributed by atoms with Gasteiger partial charge in [-0.15, -0.1) is 0 Å². The Morgan fingerprint density at radius 1 is 1.58 bits per heavy atom. The molecule has 0 rings (SSSR count). The van der Waals surface area contributed by atoms with Crippen molar-refractivity contribution in [1.82, 2.24) is 0 Å². The van der Waals surface area contributed by atoms with E-state index >= 15 is 0 Å². The third-order valence-corrected chi connectivity index (χ3v) is 2.29. The molecule has 5 nitrogen and oxygen atoms in total. The average molecular weight is 195 g/mol. The predicted octanol–water partition coefficient (Wildman–Crippen LogP) is -0.526. The van der Waals surface area contributed by atoms with Crippen molar-refractivity contribution in [3.05, 3.63) is 0 Å². The van der Waals surface area contributed by atoms with Crippen LogP contribution in [0.15, 0.2) is 0 Å². The van der Waals surface area contributed by atoms with Gasteiger partial charge in [-0.25, -0.2) is 13.6 Å². The largest absolute Gasteiger partial charge is 0.469 e. The summed E-state index contributed by atoms with van der Waals surface area (Å²) < 4.78 is 25.4. The first-order chi connectivity index (χ1) is 5.35. The molecule has 0 fully saturated rings. The number of esters is 1. The second-order valence-electron chi connectivity index (χ2n) is 2.71. The van der Waals surface area contributed by atoms with Gasteiger partial charge in [-0.1, -0.05) is 6.92 Å². The second-order valence-corrected chi connectivity index (χ2v) is 4.37. The molecule has 1 atom stereocenters. The van der Waals surface area contributed by atoms with Crippen molar-refractivity contribution >= 4 is 16.0 Å². The van der Waals surface area contributed by atoms with Crippen LogP contribution < -0.4 is 5.14 Å². The quantitative estimate of drug-likeness (QED) is 0.611. The Labute approximate surface area is 71.9 Å². The Morgan fingerprint density at radius 2 is 2.08 bits per heavy atom. The Hall–Kier alpha value is -0.620. The van der Waals surface area contributed by atoms with E-state index in [2.05, 4.69) is 4.74 Å². The molecule has 6 heteroatoms. The fraction of sp³-hybridized carbons (Fsp3) is 0.833. The van der Waals surface area contributed by atoms with Gasteiger partial charge in [-0.3, -0.25) is 4.79 Å². The van der Waals surface area contributed by atoms with Crippen LogP contribution in [0.25, 0.3) is 0 Å². The number of hydrogen-bond donors (Lipinski definition) is 1. The molecular weight excluding hydrogens is 182 g/mol. The smallest absolute Gasteiger partial charge is 0.305 e. The van der Waals surface area contributed by atoms with E-state index < -0.39 is 16.0 Å². The van der Waals surface area contributed by atoms with Crippen molar-refractivity contribution in [3.8, 4) is 0 Å². The lowest BCUT2D eigenvalue weighted by Crippen LogP contribution is -2.23. The first-order valence-corrected chi connectivity index (χ1v) is 5.14. The van der Waals surface area contributed by atoms with Crippen LogP contribution in [-0.4, -0.2) is 27.2 Å². The third-order valence-electron chi connectivity index (χ3n) is 1.26. The summed E-state index contributed by atoms with van der Waals surface area (Å²) in [5.41, 5.74) is 0. The predicted molar refractivity (Wildman–Crippen MR) is 43.8 cm³/mol. The highest BCUT2D eigenvalue weighted by Gasteiger charge is 2.14. The summed E-state index contributed by atoms with van der Waals surface area (Å²) in [5.74, 6) is -0.916. The van der Waals surface area contributed by atoms with Gasteiger partial charge in [0.2, 0.25) is 10.0 Å². The van der Waals surface area contributed by atoms with Gasteiger partial charge < -0.3 is 4.74 Å². The van der Waals surface area contributed by atoms with Gasteiger partial charge in [0, 0.05) is 6.42 Å². The van der Waals surface area contributed by atoms with Gasteiger partial charge in [0.25, 0.3) is 0 Å². The molecule has 2 N–H and O–H groups in total. The zero-order valence-corrected chi connectivity index (χ0v) is 7.93. The van der Waals surface area contributed by atoms with Crippen LogP contribution in [0.4, 0.5) is 0 Å². The molecule has 0 saturated heterocycles. The van der Waals surface area contributed by atoms with Gasteiger partial charge in [-0.2, -0.15) is 0 Å². The van der Waals surface area contributed by atoms with Crippen LogP contribution in [0.3, 0.4) is 0 Å². The van der Waals surface area contributed by atoms with Gasteiger partial charge in [0.15, 0.2) is 0 Å². The lowest BCUT2D eigenvalue weighted by molar-refractivity contribution is -0.141. The normalized spacial score (nSPS) is 13.9. The zero-order chi connectivity index (χ0) is 9.78. The molecule has 0 aliphatic heterocycles. The minimum absolute atomic E-state index is 0.0763. The number of rotatable bonds is 4. The minimum atomic E-state index is -3.48. The SMILES string of the molecule is COC(=O)CC(C)CS(N)(=O)=O. The summed E-state index contributed by atoms with van der Waals surface area (Å²) in [7, 11) is -2.23. The molecule has 0 saturated carbocycles. The number of carbonyl (C=O) groups excluding carboxylic acids is 1. The van der Waals surface area contributed by atoms with E-state index in [1.54, 1.807) is 6.92 Å². The van der Waals surface area contributed by atoms with Gasteiger partial charge in [0.1, 0.15) is 0 Å². The number of methoxy groups -OCH3 is 1. The number of ether oxygens (including phenoxy) is 1. The highest BCUT2D eigenvalue weighted by Crippen LogP contribution is 2.04. The molecule has 0 bridgehead atoms. The van der Waals surface area contributed by atoms with Crippen LogP contribution in [0.1, 0.15) is 13.3 Å². The highest BCUT2D eigenvalue weighted by molar-refractivity contribution is 7.89. The first kappa shape index (κ1) is 11.4. The van der Waals surface area contributed by atoms with Crippen LogP contribution in [0.5, 0.6) is 0 Å². The van der Waals surface area contributed by atoms with Crippen molar-refractivity contribution in [2.45, 2.75) is 13.3 Å². The summed E-state index contributed by atoms with van der Waals surface area (Å²) in [4.78, 5) is 10.7. The molecule has 12 heavy (non-hydrogen) atoms. The molecule has 0 aromatic heterocycles. The van der Waals surface area contributed by atoms with E-state index in [0.717, 1.165) is 0 Å². The second kappa shape index (κ2) is 4.42. The molecule has 72 valence electrons. The Morgan fingerprint density at radius 3 is 2.42 bits per heavy atom. The molecule has 0 aliphatic carbocycles. The van der Waals surface area contributed by atoms with Crippen LogP contribution in [-0.2, 0) is 19.6 Å². The summed E-state index contributed by atoms with van der Waals surface area (Å²) in [6.45, 7) is 1.63. The molecule has 0 aromatic carbocycles. The van der Waals surface area contributed by atoms with E-state index in [-0.39, 0.29) is 18.1 Å². The van der Waals surface area contributed by atoms with E-state index in [1.165, 1.54) is 7.11 Å². The summed E-state index contributed by atoms with van der Waals surface area (Å²) in [6, 6.07) is 0. The Bertz CT molecular complexity index is 246. The molecule has 0 spiro atoms. The molecule has 1 unspecified atom stereocenters. The topological polar surface area (TPSA) is 86.5 Å². The maximum absolute atomic E-state index is 10.7. The maximum atomic E-state index is 10.7. The van der Waals surface area contributed by atoms with Crippen molar-refractivity contribution in [1.29, 1.82) is 0 Å². The maximum Gasteiger partial charge on any atom is 0.305 e. The minimum Gasteiger partial charge on any atom is -0.469 e. The monoisotopic (exact) mass is 195 g/mol. The number of hydrogen-bond acceptors (Lipinski definition) is 4. The molecule has 0 aliphatic rings. The molecule has 0 aromatic rings. The number of sulfonamides is 1. The van der Waals surface area contributed by atoms with Gasteiger partial charge >= 0.3 is 5.97 Å². The van der Waals surface area contributed by atoms with E-state index in [1.807, 2.05) is 0 Å². The standard InChI is InChI=1S/C6H13NO4S/c1-5(3-6(8)11-2)4-12(7,9)10/h5H,3-4H2,1-2H3,(H2,7,9,10). The van der Waals surface area contributed by atoms with E-state index in [4.69, 9.17) is 5.14 Å². The van der Waals surface area contributed by atoms with Crippen molar-refractivity contribution in [2.75, 3.05) is 12.9 Å². The van der Waals surface area contributed by atoms with Crippen molar-refractivity contribution in [3.63, 3.8) is 0 Å². The molecular formula is C6H13NO4S. The fourth-order valence-corrected chi connectivity index (χ4v) is 1.73. The Kier molecular flexibility index (Phi) is 4.19. The van der Waals surface area contributed by atoms with Gasteiger partial charge in [0.05, 0.1) is 12.9 Å².